The maximum absolute atomic E-state index is 13.6. The molecular formula is C28H39N5O6. The van der Waals surface area contributed by atoms with Crippen molar-refractivity contribution in [3.8, 4) is 11.5 Å². The first kappa shape index (κ1) is 29.6. The summed E-state index contributed by atoms with van der Waals surface area (Å²) in [5.41, 5.74) is 1.11. The van der Waals surface area contributed by atoms with E-state index in [9.17, 15) is 19.5 Å². The number of amides is 5. The predicted molar refractivity (Wildman–Crippen MR) is 150 cm³/mol. The molecule has 1 aliphatic heterocycles. The molecule has 39 heavy (non-hydrogen) atoms. The predicted octanol–water partition coefficient (Wildman–Crippen LogP) is 3.61. The summed E-state index contributed by atoms with van der Waals surface area (Å²) in [4.78, 5) is 42.3. The highest BCUT2D eigenvalue weighted by atomic mass is 16.5. The smallest absolute Gasteiger partial charge is 0.323 e. The van der Waals surface area contributed by atoms with Crippen molar-refractivity contribution in [2.24, 2.45) is 5.92 Å². The van der Waals surface area contributed by atoms with Crippen LogP contribution in [0.15, 0.2) is 42.5 Å². The molecule has 11 heteroatoms. The lowest BCUT2D eigenvalue weighted by Crippen LogP contribution is -2.51. The number of carbonyl (C=O) groups is 3. The van der Waals surface area contributed by atoms with Crippen molar-refractivity contribution in [3.63, 3.8) is 0 Å². The number of nitrogens with one attached hydrogen (secondary N) is 3. The third-order valence-electron chi connectivity index (χ3n) is 6.50. The van der Waals surface area contributed by atoms with Crippen LogP contribution in [0.2, 0.25) is 0 Å². The normalized spacial score (nSPS) is 17.7. The van der Waals surface area contributed by atoms with Crippen molar-refractivity contribution < 1.29 is 29.0 Å². The fourth-order valence-corrected chi connectivity index (χ4v) is 4.23. The SMILES string of the molecule is COc1ccc(NC(=O)Nc2cccc3c2O[C@H](CN(C)C(=O)NC(C)C)[C@@H](C)CN([C@@H](C)CO)C3=O)cc1. The van der Waals surface area contributed by atoms with Gasteiger partial charge in [0.1, 0.15) is 11.9 Å². The van der Waals surface area contributed by atoms with E-state index in [1.54, 1.807) is 68.4 Å². The van der Waals surface area contributed by atoms with Gasteiger partial charge in [0.15, 0.2) is 5.75 Å². The number of methoxy groups -OCH3 is 1. The molecule has 0 bridgehead atoms. The summed E-state index contributed by atoms with van der Waals surface area (Å²) in [6, 6.07) is 10.6. The second kappa shape index (κ2) is 13.2. The molecule has 11 nitrogen and oxygen atoms in total. The summed E-state index contributed by atoms with van der Waals surface area (Å²) >= 11 is 0. The Hall–Kier alpha value is -3.99. The highest BCUT2D eigenvalue weighted by molar-refractivity contribution is 6.04. The Bertz CT molecular complexity index is 1160. The van der Waals surface area contributed by atoms with Gasteiger partial charge < -0.3 is 40.3 Å². The first-order chi connectivity index (χ1) is 18.5. The summed E-state index contributed by atoms with van der Waals surface area (Å²) < 4.78 is 11.6. The van der Waals surface area contributed by atoms with Crippen LogP contribution in [0.1, 0.15) is 38.1 Å². The zero-order chi connectivity index (χ0) is 28.7. The monoisotopic (exact) mass is 541 g/mol. The molecule has 3 rings (SSSR count). The number of hydrogen-bond acceptors (Lipinski definition) is 6. The van der Waals surface area contributed by atoms with E-state index in [2.05, 4.69) is 16.0 Å². The van der Waals surface area contributed by atoms with Crippen molar-refractivity contribution in [1.29, 1.82) is 0 Å². The number of rotatable bonds is 8. The van der Waals surface area contributed by atoms with Crippen LogP contribution in [0.5, 0.6) is 11.5 Å². The Labute approximate surface area is 229 Å². The lowest BCUT2D eigenvalue weighted by Gasteiger charge is -2.38. The van der Waals surface area contributed by atoms with Gasteiger partial charge in [0, 0.05) is 31.2 Å². The third kappa shape index (κ3) is 7.53. The first-order valence-corrected chi connectivity index (χ1v) is 13.0. The van der Waals surface area contributed by atoms with E-state index in [-0.39, 0.29) is 48.4 Å². The Morgan fingerprint density at radius 1 is 1.15 bits per heavy atom. The lowest BCUT2D eigenvalue weighted by molar-refractivity contribution is 0.0368. The summed E-state index contributed by atoms with van der Waals surface area (Å²) in [5, 5.41) is 18.3. The zero-order valence-electron chi connectivity index (χ0n) is 23.4. The average Bonchev–Trinajstić information content (AvgIpc) is 2.90. The maximum atomic E-state index is 13.6. The minimum atomic E-state index is -0.523. The number of carbonyl (C=O) groups excluding carboxylic acids is 3. The fourth-order valence-electron chi connectivity index (χ4n) is 4.23. The van der Waals surface area contributed by atoms with E-state index in [1.165, 1.54) is 4.90 Å². The highest BCUT2D eigenvalue weighted by Gasteiger charge is 2.35. The molecule has 0 fully saturated rings. The van der Waals surface area contributed by atoms with E-state index < -0.39 is 18.2 Å². The second-order valence-electron chi connectivity index (χ2n) is 10.1. The number of aliphatic hydroxyl groups is 1. The van der Waals surface area contributed by atoms with Crippen LogP contribution in [-0.2, 0) is 0 Å². The van der Waals surface area contributed by atoms with E-state index in [0.29, 0.717) is 23.7 Å². The Morgan fingerprint density at radius 3 is 2.46 bits per heavy atom. The molecule has 0 spiro atoms. The van der Waals surface area contributed by atoms with Crippen LogP contribution in [0.25, 0.3) is 0 Å². The van der Waals surface area contributed by atoms with Gasteiger partial charge >= 0.3 is 12.1 Å². The number of nitrogens with zero attached hydrogens (tertiary/aromatic N) is 2. The van der Waals surface area contributed by atoms with Crippen LogP contribution in [0.4, 0.5) is 21.0 Å². The van der Waals surface area contributed by atoms with Gasteiger partial charge in [-0.1, -0.05) is 13.0 Å². The molecule has 0 saturated carbocycles. The van der Waals surface area contributed by atoms with Crippen LogP contribution in [-0.4, -0.2) is 84.9 Å². The van der Waals surface area contributed by atoms with Crippen molar-refractivity contribution >= 4 is 29.3 Å². The molecule has 0 aromatic heterocycles. The minimum absolute atomic E-state index is 0.0325. The van der Waals surface area contributed by atoms with Gasteiger partial charge in [-0.05, 0) is 57.2 Å². The van der Waals surface area contributed by atoms with Crippen LogP contribution in [0, 0.1) is 5.92 Å². The minimum Gasteiger partial charge on any atom is -0.497 e. The standard InChI is InChI=1S/C28H39N5O6/c1-17(2)29-28(37)32(5)15-24-18(3)14-33(19(4)16-34)26(35)22-8-7-9-23(25(22)39-24)31-27(36)30-20-10-12-21(38-6)13-11-20/h7-13,17-19,24,34H,14-16H2,1-6H3,(H,29,37)(H2,30,31,36)/t18-,19-,24+/m0/s1. The number of likely N-dealkylation sites (N-methyl/N-ethyl adjacent to an activating group) is 1. The van der Waals surface area contributed by atoms with Gasteiger partial charge in [0.05, 0.1) is 37.6 Å². The van der Waals surface area contributed by atoms with Gasteiger partial charge in [-0.3, -0.25) is 4.79 Å². The molecule has 1 aliphatic rings. The molecular weight excluding hydrogens is 502 g/mol. The number of hydrogen-bond donors (Lipinski definition) is 4. The highest BCUT2D eigenvalue weighted by Crippen LogP contribution is 2.35. The van der Waals surface area contributed by atoms with Crippen molar-refractivity contribution in [2.75, 3.05) is 44.5 Å². The van der Waals surface area contributed by atoms with E-state index >= 15 is 0 Å². The summed E-state index contributed by atoms with van der Waals surface area (Å²) in [6.07, 6.45) is -0.513. The van der Waals surface area contributed by atoms with Crippen LogP contribution < -0.4 is 25.4 Å². The van der Waals surface area contributed by atoms with E-state index in [1.807, 2.05) is 20.8 Å². The van der Waals surface area contributed by atoms with Crippen molar-refractivity contribution in [2.45, 2.75) is 45.9 Å². The summed E-state index contributed by atoms with van der Waals surface area (Å²) in [7, 11) is 3.24. The first-order valence-electron chi connectivity index (χ1n) is 13.0. The molecule has 0 radical (unpaired) electrons. The third-order valence-corrected chi connectivity index (χ3v) is 6.50. The lowest BCUT2D eigenvalue weighted by atomic mass is 9.99. The largest absolute Gasteiger partial charge is 0.497 e. The maximum Gasteiger partial charge on any atom is 0.323 e. The number of anilines is 2. The fraction of sp³-hybridized carbons (Fsp3) is 0.464. The number of benzene rings is 2. The number of ether oxygens (including phenoxy) is 2. The molecule has 1 heterocycles. The molecule has 0 unspecified atom stereocenters. The van der Waals surface area contributed by atoms with Crippen LogP contribution >= 0.6 is 0 Å². The Kier molecular flexibility index (Phi) is 10.00. The molecule has 212 valence electrons. The quantitative estimate of drug-likeness (QED) is 0.404. The zero-order valence-corrected chi connectivity index (χ0v) is 23.4. The number of para-hydroxylation sites is 1. The molecule has 5 amide bonds. The van der Waals surface area contributed by atoms with Gasteiger partial charge in [0.2, 0.25) is 0 Å². The van der Waals surface area contributed by atoms with Gasteiger partial charge in [-0.15, -0.1) is 0 Å². The van der Waals surface area contributed by atoms with Gasteiger partial charge in [-0.25, -0.2) is 9.59 Å². The molecule has 3 atom stereocenters. The van der Waals surface area contributed by atoms with Crippen molar-refractivity contribution in [1.82, 2.24) is 15.1 Å². The molecule has 0 aliphatic carbocycles. The summed E-state index contributed by atoms with van der Waals surface area (Å²) in [6.45, 7) is 7.81. The van der Waals surface area contributed by atoms with Gasteiger partial charge in [-0.2, -0.15) is 0 Å². The van der Waals surface area contributed by atoms with E-state index in [0.717, 1.165) is 0 Å². The molecule has 0 saturated heterocycles. The number of urea groups is 2. The molecule has 4 N–H and O–H groups in total. The Morgan fingerprint density at radius 2 is 1.85 bits per heavy atom. The molecule has 2 aromatic carbocycles. The number of fused-ring (bicyclic) bond motifs is 1. The van der Waals surface area contributed by atoms with Crippen molar-refractivity contribution in [3.05, 3.63) is 48.0 Å². The van der Waals surface area contributed by atoms with E-state index in [4.69, 9.17) is 9.47 Å². The second-order valence-corrected chi connectivity index (χ2v) is 10.1. The topological polar surface area (TPSA) is 132 Å². The Balaban J connectivity index is 1.93. The molecule has 2 aromatic rings. The summed E-state index contributed by atoms with van der Waals surface area (Å²) in [5.74, 6) is 0.344. The number of aliphatic hydroxyl groups excluding tert-OH is 1. The average molecular weight is 542 g/mol. The van der Waals surface area contributed by atoms with Gasteiger partial charge in [0.25, 0.3) is 5.91 Å². The van der Waals surface area contributed by atoms with Crippen LogP contribution in [0.3, 0.4) is 0 Å².